The van der Waals surface area contributed by atoms with Crippen LogP contribution in [-0.2, 0) is 6.54 Å². The van der Waals surface area contributed by atoms with Gasteiger partial charge in [0, 0.05) is 30.8 Å². The zero-order chi connectivity index (χ0) is 14.8. The number of nitrogens with zero attached hydrogens (tertiary/aromatic N) is 1. The maximum Gasteiger partial charge on any atom is 0.0458 e. The van der Waals surface area contributed by atoms with Crippen LogP contribution in [0.1, 0.15) is 17.7 Å². The summed E-state index contributed by atoms with van der Waals surface area (Å²) in [6.45, 7) is 3.19. The molecule has 2 nitrogen and oxygen atoms in total. The van der Waals surface area contributed by atoms with Crippen molar-refractivity contribution in [3.63, 3.8) is 0 Å². The number of fused-ring (bicyclic) bond motifs is 1. The monoisotopic (exact) mass is 288 g/mol. The van der Waals surface area contributed by atoms with E-state index in [4.69, 9.17) is 0 Å². The Kier molecular flexibility index (Phi) is 3.53. The zero-order valence-electron chi connectivity index (χ0n) is 12.6. The van der Waals surface area contributed by atoms with Crippen LogP contribution in [0.3, 0.4) is 0 Å². The number of benzene rings is 2. The molecule has 2 heteroatoms. The lowest BCUT2D eigenvalue weighted by atomic mass is 10.0. The first-order valence-electron chi connectivity index (χ1n) is 7.92. The molecule has 2 heterocycles. The van der Waals surface area contributed by atoms with Crippen molar-refractivity contribution in [1.29, 1.82) is 0 Å². The fraction of sp³-hybridized carbons (Fsp3) is 0.200. The van der Waals surface area contributed by atoms with Gasteiger partial charge >= 0.3 is 0 Å². The van der Waals surface area contributed by atoms with Crippen LogP contribution < -0.4 is 0 Å². The van der Waals surface area contributed by atoms with E-state index < -0.39 is 0 Å². The topological polar surface area (TPSA) is 19.0 Å². The number of hydrogen-bond donors (Lipinski definition) is 1. The molecule has 0 saturated heterocycles. The van der Waals surface area contributed by atoms with Crippen molar-refractivity contribution in [3.05, 3.63) is 78.0 Å². The molecule has 0 spiro atoms. The third kappa shape index (κ3) is 2.70. The molecule has 110 valence electrons. The summed E-state index contributed by atoms with van der Waals surface area (Å²) >= 11 is 0. The first-order chi connectivity index (χ1) is 10.9. The predicted octanol–water partition coefficient (Wildman–Crippen LogP) is 4.46. The molecular formula is C20H20N2. The SMILES string of the molecule is C1=C(c2cc3ccccc3[nH]2)CCN(Cc2ccccc2)C1. The molecule has 0 saturated carbocycles. The second-order valence-corrected chi connectivity index (χ2v) is 5.97. The lowest BCUT2D eigenvalue weighted by molar-refractivity contribution is 0.294. The maximum atomic E-state index is 3.54. The van der Waals surface area contributed by atoms with Gasteiger partial charge in [0.2, 0.25) is 0 Å². The highest BCUT2D eigenvalue weighted by atomic mass is 15.1. The minimum absolute atomic E-state index is 1.03. The molecule has 0 unspecified atom stereocenters. The predicted molar refractivity (Wildman–Crippen MR) is 92.6 cm³/mol. The number of nitrogens with one attached hydrogen (secondary N) is 1. The Morgan fingerprint density at radius 3 is 2.55 bits per heavy atom. The van der Waals surface area contributed by atoms with Crippen LogP contribution in [0, 0.1) is 0 Å². The Morgan fingerprint density at radius 2 is 1.77 bits per heavy atom. The normalized spacial score (nSPS) is 15.9. The number of hydrogen-bond acceptors (Lipinski definition) is 1. The minimum Gasteiger partial charge on any atom is -0.355 e. The molecule has 4 rings (SSSR count). The fourth-order valence-electron chi connectivity index (χ4n) is 3.19. The summed E-state index contributed by atoms with van der Waals surface area (Å²) in [4.78, 5) is 6.04. The first-order valence-corrected chi connectivity index (χ1v) is 7.92. The second-order valence-electron chi connectivity index (χ2n) is 5.97. The molecule has 2 aromatic carbocycles. The summed E-state index contributed by atoms with van der Waals surface area (Å²) in [5, 5.41) is 1.30. The average molecular weight is 288 g/mol. The van der Waals surface area contributed by atoms with Crippen molar-refractivity contribution in [2.45, 2.75) is 13.0 Å². The van der Waals surface area contributed by atoms with Gasteiger partial charge in [0.25, 0.3) is 0 Å². The number of aromatic nitrogens is 1. The summed E-state index contributed by atoms with van der Waals surface area (Å²) in [6, 6.07) is 21.5. The molecule has 3 aromatic rings. The van der Waals surface area contributed by atoms with Gasteiger partial charge < -0.3 is 4.98 Å². The van der Waals surface area contributed by atoms with Crippen LogP contribution in [0.2, 0.25) is 0 Å². The van der Waals surface area contributed by atoms with Crippen molar-refractivity contribution < 1.29 is 0 Å². The third-order valence-corrected chi connectivity index (χ3v) is 4.42. The highest BCUT2D eigenvalue weighted by molar-refractivity contribution is 5.84. The number of H-pyrrole nitrogens is 1. The molecular weight excluding hydrogens is 268 g/mol. The van der Waals surface area contributed by atoms with E-state index >= 15 is 0 Å². The number of para-hydroxylation sites is 1. The van der Waals surface area contributed by atoms with Gasteiger partial charge in [0.05, 0.1) is 0 Å². The van der Waals surface area contributed by atoms with E-state index in [1.54, 1.807) is 0 Å². The minimum atomic E-state index is 1.03. The Labute approximate surface area is 131 Å². The van der Waals surface area contributed by atoms with E-state index in [9.17, 15) is 0 Å². The molecule has 1 N–H and O–H groups in total. The molecule has 1 aliphatic rings. The van der Waals surface area contributed by atoms with Crippen LogP contribution >= 0.6 is 0 Å². The quantitative estimate of drug-likeness (QED) is 0.754. The summed E-state index contributed by atoms with van der Waals surface area (Å²) in [5.74, 6) is 0. The number of rotatable bonds is 3. The van der Waals surface area contributed by atoms with Crippen molar-refractivity contribution >= 4 is 16.5 Å². The van der Waals surface area contributed by atoms with Gasteiger partial charge in [-0.25, -0.2) is 0 Å². The van der Waals surface area contributed by atoms with Gasteiger partial charge in [0.15, 0.2) is 0 Å². The summed E-state index contributed by atoms with van der Waals surface area (Å²) in [6.07, 6.45) is 3.48. The van der Waals surface area contributed by atoms with Crippen LogP contribution in [0.25, 0.3) is 16.5 Å². The molecule has 22 heavy (non-hydrogen) atoms. The molecule has 0 fully saturated rings. The summed E-state index contributed by atoms with van der Waals surface area (Å²) < 4.78 is 0. The van der Waals surface area contributed by atoms with Gasteiger partial charge in [-0.2, -0.15) is 0 Å². The van der Waals surface area contributed by atoms with Gasteiger partial charge in [-0.3, -0.25) is 4.90 Å². The average Bonchev–Trinajstić information content (AvgIpc) is 3.00. The van der Waals surface area contributed by atoms with E-state index in [0.29, 0.717) is 0 Å². The number of aromatic amines is 1. The van der Waals surface area contributed by atoms with Crippen LogP contribution in [0.5, 0.6) is 0 Å². The molecule has 0 amide bonds. The highest BCUT2D eigenvalue weighted by Crippen LogP contribution is 2.25. The Balaban J connectivity index is 1.49. The maximum absolute atomic E-state index is 3.54. The standard InChI is InChI=1S/C20H20N2/c1-2-6-16(7-3-1)15-22-12-10-17(11-13-22)20-14-18-8-4-5-9-19(18)21-20/h1-10,14,21H,11-13,15H2. The zero-order valence-corrected chi connectivity index (χ0v) is 12.6. The fourth-order valence-corrected chi connectivity index (χ4v) is 3.19. The van der Waals surface area contributed by atoms with Crippen molar-refractivity contribution in [3.8, 4) is 0 Å². The third-order valence-electron chi connectivity index (χ3n) is 4.42. The molecule has 1 aliphatic heterocycles. The summed E-state index contributed by atoms with van der Waals surface area (Å²) in [5.41, 5.74) is 5.34. The Hall–Kier alpha value is -2.32. The van der Waals surface area contributed by atoms with E-state index in [1.807, 2.05) is 0 Å². The van der Waals surface area contributed by atoms with Crippen LogP contribution in [0.4, 0.5) is 0 Å². The van der Waals surface area contributed by atoms with E-state index in [1.165, 1.54) is 27.7 Å². The molecule has 0 bridgehead atoms. The van der Waals surface area contributed by atoms with E-state index in [0.717, 1.165) is 26.1 Å². The second kappa shape index (κ2) is 5.82. The lowest BCUT2D eigenvalue weighted by Gasteiger charge is -2.26. The Morgan fingerprint density at radius 1 is 0.955 bits per heavy atom. The van der Waals surface area contributed by atoms with Gasteiger partial charge in [0.1, 0.15) is 0 Å². The molecule has 0 radical (unpaired) electrons. The first kappa shape index (κ1) is 13.4. The van der Waals surface area contributed by atoms with E-state index in [-0.39, 0.29) is 0 Å². The van der Waals surface area contributed by atoms with Crippen molar-refractivity contribution in [1.82, 2.24) is 9.88 Å². The largest absolute Gasteiger partial charge is 0.355 e. The highest BCUT2D eigenvalue weighted by Gasteiger charge is 2.14. The van der Waals surface area contributed by atoms with Crippen molar-refractivity contribution in [2.75, 3.05) is 13.1 Å². The van der Waals surface area contributed by atoms with Crippen molar-refractivity contribution in [2.24, 2.45) is 0 Å². The lowest BCUT2D eigenvalue weighted by Crippen LogP contribution is -2.28. The van der Waals surface area contributed by atoms with E-state index in [2.05, 4.69) is 76.6 Å². The van der Waals surface area contributed by atoms with Crippen LogP contribution in [-0.4, -0.2) is 23.0 Å². The molecule has 0 aliphatic carbocycles. The van der Waals surface area contributed by atoms with Gasteiger partial charge in [-0.15, -0.1) is 0 Å². The summed E-state index contributed by atoms with van der Waals surface area (Å²) in [7, 11) is 0. The van der Waals surface area contributed by atoms with Gasteiger partial charge in [-0.1, -0.05) is 54.6 Å². The van der Waals surface area contributed by atoms with Crippen LogP contribution in [0.15, 0.2) is 66.7 Å². The smallest absolute Gasteiger partial charge is 0.0458 e. The van der Waals surface area contributed by atoms with Gasteiger partial charge in [-0.05, 0) is 35.1 Å². The Bertz CT molecular complexity index is 766. The molecule has 0 atom stereocenters. The molecule has 1 aromatic heterocycles.